The molecule has 17 heavy (non-hydrogen) atoms. The van der Waals surface area contributed by atoms with E-state index >= 15 is 0 Å². The zero-order valence-corrected chi connectivity index (χ0v) is 11.0. The Hall–Kier alpha value is -0.650. The number of nitrogens with one attached hydrogen (secondary N) is 1. The van der Waals surface area contributed by atoms with Crippen LogP contribution in [-0.4, -0.2) is 61.9 Å². The molecule has 0 aliphatic carbocycles. The zero-order valence-electron chi connectivity index (χ0n) is 11.0. The summed E-state index contributed by atoms with van der Waals surface area (Å²) in [5.74, 6) is 0.142. The Morgan fingerprint density at radius 3 is 2.94 bits per heavy atom. The van der Waals surface area contributed by atoms with Crippen molar-refractivity contribution in [2.24, 2.45) is 5.92 Å². The number of piperidine rings is 1. The number of aliphatic hydroxyl groups excluding tert-OH is 1. The van der Waals surface area contributed by atoms with E-state index in [9.17, 15) is 9.90 Å². The van der Waals surface area contributed by atoms with Crippen molar-refractivity contribution >= 4 is 5.91 Å². The van der Waals surface area contributed by atoms with Crippen molar-refractivity contribution in [1.82, 2.24) is 10.2 Å². The van der Waals surface area contributed by atoms with Crippen LogP contribution in [0.1, 0.15) is 19.8 Å². The smallest absolute Gasteiger partial charge is 0.227 e. The normalized spacial score (nSPS) is 26.6. The third kappa shape index (κ3) is 4.26. The van der Waals surface area contributed by atoms with Gasteiger partial charge in [0.25, 0.3) is 0 Å². The molecule has 1 rings (SSSR count). The van der Waals surface area contributed by atoms with Gasteiger partial charge in [-0.25, -0.2) is 0 Å². The number of carbonyl (C=O) groups is 1. The number of rotatable bonds is 5. The van der Waals surface area contributed by atoms with Gasteiger partial charge in [-0.3, -0.25) is 4.79 Å². The van der Waals surface area contributed by atoms with Gasteiger partial charge in [-0.1, -0.05) is 0 Å². The number of nitrogens with zero attached hydrogens (tertiary/aromatic N) is 1. The van der Waals surface area contributed by atoms with Crippen LogP contribution in [0.25, 0.3) is 0 Å². The highest BCUT2D eigenvalue weighted by atomic mass is 16.5. The number of amides is 1. The molecule has 5 heteroatoms. The molecular formula is C12H24N2O3. The summed E-state index contributed by atoms with van der Waals surface area (Å²) < 4.78 is 4.85. The Morgan fingerprint density at radius 1 is 1.65 bits per heavy atom. The van der Waals surface area contributed by atoms with E-state index in [0.29, 0.717) is 6.54 Å². The maximum absolute atomic E-state index is 12.2. The monoisotopic (exact) mass is 244 g/mol. The minimum atomic E-state index is -0.610. The molecule has 1 fully saturated rings. The lowest BCUT2D eigenvalue weighted by molar-refractivity contribution is -0.137. The molecule has 3 atom stereocenters. The summed E-state index contributed by atoms with van der Waals surface area (Å²) in [7, 11) is 3.28. The standard InChI is InChI=1S/C12H24N2O3/c1-9-11(5-4-6-13-9)12(16)14(2)7-10(15)8-17-3/h9-11,13,15H,4-8H2,1-3H3. The van der Waals surface area contributed by atoms with E-state index in [0.717, 1.165) is 19.4 Å². The second-order valence-electron chi connectivity index (χ2n) is 4.82. The molecule has 100 valence electrons. The number of ether oxygens (including phenoxy) is 1. The third-order valence-corrected chi connectivity index (χ3v) is 3.30. The zero-order chi connectivity index (χ0) is 12.8. The van der Waals surface area contributed by atoms with Gasteiger partial charge in [-0.15, -0.1) is 0 Å². The van der Waals surface area contributed by atoms with E-state index in [2.05, 4.69) is 5.32 Å². The van der Waals surface area contributed by atoms with E-state index in [1.165, 1.54) is 7.11 Å². The summed E-state index contributed by atoms with van der Waals surface area (Å²) in [5.41, 5.74) is 0. The van der Waals surface area contributed by atoms with Crippen LogP contribution in [0.4, 0.5) is 0 Å². The Kier molecular flexibility index (Phi) is 5.88. The molecule has 1 heterocycles. The number of methoxy groups -OCH3 is 1. The van der Waals surface area contributed by atoms with E-state index in [-0.39, 0.29) is 24.5 Å². The maximum atomic E-state index is 12.2. The fourth-order valence-electron chi connectivity index (χ4n) is 2.32. The highest BCUT2D eigenvalue weighted by Crippen LogP contribution is 2.18. The van der Waals surface area contributed by atoms with Crippen molar-refractivity contribution in [3.63, 3.8) is 0 Å². The van der Waals surface area contributed by atoms with Gasteiger partial charge in [0.1, 0.15) is 0 Å². The van der Waals surface area contributed by atoms with Crippen LogP contribution in [-0.2, 0) is 9.53 Å². The lowest BCUT2D eigenvalue weighted by Gasteiger charge is -2.32. The second-order valence-corrected chi connectivity index (χ2v) is 4.82. The maximum Gasteiger partial charge on any atom is 0.227 e. The van der Waals surface area contributed by atoms with Gasteiger partial charge in [0.05, 0.1) is 18.6 Å². The molecule has 0 aromatic carbocycles. The minimum Gasteiger partial charge on any atom is -0.389 e. The van der Waals surface area contributed by atoms with E-state index in [4.69, 9.17) is 4.74 Å². The average molecular weight is 244 g/mol. The molecule has 1 aliphatic rings. The van der Waals surface area contributed by atoms with Gasteiger partial charge < -0.3 is 20.1 Å². The molecule has 2 N–H and O–H groups in total. The summed E-state index contributed by atoms with van der Waals surface area (Å²) in [6, 6.07) is 0.221. The number of carbonyl (C=O) groups excluding carboxylic acids is 1. The third-order valence-electron chi connectivity index (χ3n) is 3.30. The first kappa shape index (κ1) is 14.4. The second kappa shape index (κ2) is 6.93. The predicted octanol–water partition coefficient (Wildman–Crippen LogP) is -0.160. The number of likely N-dealkylation sites (N-methyl/N-ethyl adjacent to an activating group) is 1. The van der Waals surface area contributed by atoms with Crippen molar-refractivity contribution in [1.29, 1.82) is 0 Å². The highest BCUT2D eigenvalue weighted by Gasteiger charge is 2.30. The summed E-state index contributed by atoms with van der Waals surface area (Å²) in [5, 5.41) is 12.9. The first-order valence-corrected chi connectivity index (χ1v) is 6.21. The van der Waals surface area contributed by atoms with E-state index < -0.39 is 6.10 Å². The van der Waals surface area contributed by atoms with Crippen LogP contribution >= 0.6 is 0 Å². The summed E-state index contributed by atoms with van der Waals surface area (Å²) >= 11 is 0. The average Bonchev–Trinajstić information content (AvgIpc) is 2.29. The fraction of sp³-hybridized carbons (Fsp3) is 0.917. The molecular weight excluding hydrogens is 220 g/mol. The molecule has 0 saturated carbocycles. The SMILES string of the molecule is COCC(O)CN(C)C(=O)C1CCCNC1C. The fourth-order valence-corrected chi connectivity index (χ4v) is 2.32. The molecule has 1 amide bonds. The molecule has 0 radical (unpaired) electrons. The molecule has 0 bridgehead atoms. The van der Waals surface area contributed by atoms with E-state index in [1.807, 2.05) is 6.92 Å². The van der Waals surface area contributed by atoms with Crippen molar-refractivity contribution in [2.75, 3.05) is 33.9 Å². The van der Waals surface area contributed by atoms with Crippen molar-refractivity contribution in [3.8, 4) is 0 Å². The Labute approximate surface area is 103 Å². The van der Waals surface area contributed by atoms with Crippen molar-refractivity contribution < 1.29 is 14.6 Å². The van der Waals surface area contributed by atoms with Crippen LogP contribution < -0.4 is 5.32 Å². The molecule has 0 aromatic heterocycles. The van der Waals surface area contributed by atoms with Gasteiger partial charge in [-0.05, 0) is 26.3 Å². The van der Waals surface area contributed by atoms with Gasteiger partial charge in [0.2, 0.25) is 5.91 Å². The molecule has 0 spiro atoms. The summed E-state index contributed by atoms with van der Waals surface area (Å²) in [6.07, 6.45) is 1.35. The molecule has 0 aromatic rings. The largest absolute Gasteiger partial charge is 0.389 e. The van der Waals surface area contributed by atoms with Crippen LogP contribution in [0.15, 0.2) is 0 Å². The Morgan fingerprint density at radius 2 is 2.35 bits per heavy atom. The lowest BCUT2D eigenvalue weighted by atomic mass is 9.91. The van der Waals surface area contributed by atoms with Crippen LogP contribution in [0, 0.1) is 5.92 Å². The predicted molar refractivity (Wildman–Crippen MR) is 65.7 cm³/mol. The van der Waals surface area contributed by atoms with Gasteiger partial charge in [0.15, 0.2) is 0 Å². The van der Waals surface area contributed by atoms with Crippen LogP contribution in [0.3, 0.4) is 0 Å². The Bertz CT molecular complexity index is 248. The quantitative estimate of drug-likeness (QED) is 0.705. The van der Waals surface area contributed by atoms with Crippen molar-refractivity contribution in [2.45, 2.75) is 31.9 Å². The summed E-state index contributed by atoms with van der Waals surface area (Å²) in [6.45, 7) is 3.62. The van der Waals surface area contributed by atoms with Crippen LogP contribution in [0.5, 0.6) is 0 Å². The highest BCUT2D eigenvalue weighted by molar-refractivity contribution is 5.79. The van der Waals surface area contributed by atoms with E-state index in [1.54, 1.807) is 11.9 Å². The topological polar surface area (TPSA) is 61.8 Å². The van der Waals surface area contributed by atoms with Gasteiger partial charge >= 0.3 is 0 Å². The van der Waals surface area contributed by atoms with Gasteiger partial charge in [-0.2, -0.15) is 0 Å². The molecule has 3 unspecified atom stereocenters. The number of hydrogen-bond acceptors (Lipinski definition) is 4. The molecule has 5 nitrogen and oxygen atoms in total. The lowest BCUT2D eigenvalue weighted by Crippen LogP contribution is -2.48. The first-order valence-electron chi connectivity index (χ1n) is 6.21. The summed E-state index contributed by atoms with van der Waals surface area (Å²) in [4.78, 5) is 13.8. The van der Waals surface area contributed by atoms with Crippen molar-refractivity contribution in [3.05, 3.63) is 0 Å². The molecule has 1 saturated heterocycles. The molecule has 1 aliphatic heterocycles. The Balaban J connectivity index is 2.44. The van der Waals surface area contributed by atoms with Crippen LogP contribution in [0.2, 0.25) is 0 Å². The minimum absolute atomic E-state index is 0.0310. The van der Waals surface area contributed by atoms with Gasteiger partial charge in [0, 0.05) is 26.7 Å². The number of hydrogen-bond donors (Lipinski definition) is 2. The number of aliphatic hydroxyl groups is 1. The first-order chi connectivity index (χ1) is 8.06.